The molecule has 2 heterocycles. The Morgan fingerprint density at radius 3 is 1.68 bits per heavy atom. The summed E-state index contributed by atoms with van der Waals surface area (Å²) in [5, 5.41) is 4.56. The molecule has 47 heavy (non-hydrogen) atoms. The summed E-state index contributed by atoms with van der Waals surface area (Å²) in [7, 11) is 0. The van der Waals surface area contributed by atoms with Crippen molar-refractivity contribution in [1.82, 2.24) is 15.0 Å². The summed E-state index contributed by atoms with van der Waals surface area (Å²) < 4.78 is 6.73. The summed E-state index contributed by atoms with van der Waals surface area (Å²) in [6.07, 6.45) is 0. The zero-order chi connectivity index (χ0) is 30.9. The number of hydrogen-bond acceptors (Lipinski definition) is 4. The second-order valence-electron chi connectivity index (χ2n) is 12.0. The standard InChI is InChI=1S/C43H25N3O/c1-3-12-26(13-4-1)41-44-42(27-14-5-2-6-15-27)46-43(45-41)35-22-11-23-37-39(35)34-21-10-19-30(40(34)47-37)29-24-28-16-9-20-33-31-17-7-8-18-32(31)36(25-29)38(28)33/h1-25H. The molecule has 4 nitrogen and oxygen atoms in total. The first-order valence-corrected chi connectivity index (χ1v) is 15.8. The number of rotatable bonds is 4. The van der Waals surface area contributed by atoms with Crippen LogP contribution in [-0.4, -0.2) is 15.0 Å². The van der Waals surface area contributed by atoms with Gasteiger partial charge in [-0.25, -0.2) is 15.0 Å². The Labute approximate surface area is 270 Å². The van der Waals surface area contributed by atoms with Crippen molar-refractivity contribution in [2.45, 2.75) is 0 Å². The third-order valence-electron chi connectivity index (χ3n) is 9.26. The molecule has 0 aliphatic heterocycles. The van der Waals surface area contributed by atoms with E-state index in [0.717, 1.165) is 49.8 Å². The lowest BCUT2D eigenvalue weighted by Gasteiger charge is -2.09. The average molecular weight is 600 g/mol. The maximum Gasteiger partial charge on any atom is 0.164 e. The highest BCUT2D eigenvalue weighted by Gasteiger charge is 2.23. The topological polar surface area (TPSA) is 51.8 Å². The molecule has 10 rings (SSSR count). The largest absolute Gasteiger partial charge is 0.455 e. The summed E-state index contributed by atoms with van der Waals surface area (Å²) in [6, 6.07) is 52.6. The van der Waals surface area contributed by atoms with E-state index in [1.165, 1.54) is 33.0 Å². The lowest BCUT2D eigenvalue weighted by molar-refractivity contribution is 0.670. The molecule has 4 heteroatoms. The second kappa shape index (κ2) is 10.1. The van der Waals surface area contributed by atoms with Crippen LogP contribution in [0.4, 0.5) is 0 Å². The Kier molecular flexibility index (Phi) is 5.54. The highest BCUT2D eigenvalue weighted by molar-refractivity contribution is 6.18. The molecular formula is C43H25N3O. The van der Waals surface area contributed by atoms with Crippen LogP contribution in [0, 0.1) is 0 Å². The van der Waals surface area contributed by atoms with Gasteiger partial charge >= 0.3 is 0 Å². The quantitative estimate of drug-likeness (QED) is 0.202. The van der Waals surface area contributed by atoms with Gasteiger partial charge in [0.15, 0.2) is 17.5 Å². The number of benzene rings is 7. The highest BCUT2D eigenvalue weighted by Crippen LogP contribution is 2.49. The smallest absolute Gasteiger partial charge is 0.164 e. The van der Waals surface area contributed by atoms with Gasteiger partial charge in [0.1, 0.15) is 11.2 Å². The minimum atomic E-state index is 0.611. The summed E-state index contributed by atoms with van der Waals surface area (Å²) in [6.45, 7) is 0. The van der Waals surface area contributed by atoms with Crippen LogP contribution in [-0.2, 0) is 0 Å². The van der Waals surface area contributed by atoms with E-state index in [4.69, 9.17) is 19.4 Å². The molecule has 0 saturated carbocycles. The molecule has 0 N–H and O–H groups in total. The number of aromatic nitrogens is 3. The van der Waals surface area contributed by atoms with Gasteiger partial charge in [0.2, 0.25) is 0 Å². The molecule has 218 valence electrons. The lowest BCUT2D eigenvalue weighted by atomic mass is 9.95. The van der Waals surface area contributed by atoms with Gasteiger partial charge in [0.05, 0.1) is 0 Å². The maximum absolute atomic E-state index is 6.73. The molecule has 0 amide bonds. The molecule has 0 atom stereocenters. The van der Waals surface area contributed by atoms with E-state index in [-0.39, 0.29) is 0 Å². The van der Waals surface area contributed by atoms with E-state index in [2.05, 4.69) is 78.9 Å². The number of nitrogens with zero attached hydrogens (tertiary/aromatic N) is 3. The Bertz CT molecular complexity index is 2620. The number of fused-ring (bicyclic) bond motifs is 6. The molecule has 7 aromatic carbocycles. The van der Waals surface area contributed by atoms with Gasteiger partial charge in [-0.05, 0) is 56.8 Å². The van der Waals surface area contributed by atoms with E-state index in [1.807, 2.05) is 72.8 Å². The predicted molar refractivity (Wildman–Crippen MR) is 191 cm³/mol. The predicted octanol–water partition coefficient (Wildman–Crippen LogP) is 11.2. The average Bonchev–Trinajstić information content (AvgIpc) is 3.69. The molecule has 1 aliphatic carbocycles. The molecular weight excluding hydrogens is 574 g/mol. The minimum absolute atomic E-state index is 0.611. The fraction of sp³-hybridized carbons (Fsp3) is 0. The van der Waals surface area contributed by atoms with Gasteiger partial charge in [-0.1, -0.05) is 133 Å². The third kappa shape index (κ3) is 3.98. The Morgan fingerprint density at radius 1 is 0.362 bits per heavy atom. The Balaban J connectivity index is 1.20. The van der Waals surface area contributed by atoms with E-state index in [1.54, 1.807) is 0 Å². The number of hydrogen-bond donors (Lipinski definition) is 0. The molecule has 0 saturated heterocycles. The van der Waals surface area contributed by atoms with Crippen molar-refractivity contribution in [3.8, 4) is 67.5 Å². The number of furan rings is 1. The zero-order valence-corrected chi connectivity index (χ0v) is 25.2. The van der Waals surface area contributed by atoms with E-state index in [9.17, 15) is 0 Å². The monoisotopic (exact) mass is 599 g/mol. The molecule has 0 fully saturated rings. The van der Waals surface area contributed by atoms with Crippen LogP contribution in [0.1, 0.15) is 0 Å². The van der Waals surface area contributed by atoms with Gasteiger partial charge in [-0.15, -0.1) is 0 Å². The van der Waals surface area contributed by atoms with Crippen LogP contribution >= 0.6 is 0 Å². The minimum Gasteiger partial charge on any atom is -0.455 e. The Morgan fingerprint density at radius 2 is 0.936 bits per heavy atom. The SMILES string of the molecule is c1ccc(-c2nc(-c3ccccc3)nc(-c3cccc4oc5c(-c6cc7c8c(cccc8c6)-c6ccccc6-7)cccc5c34)n2)cc1. The fourth-order valence-electron chi connectivity index (χ4n) is 7.16. The first kappa shape index (κ1) is 25.9. The van der Waals surface area contributed by atoms with Crippen LogP contribution < -0.4 is 0 Å². The molecule has 0 bridgehead atoms. The van der Waals surface area contributed by atoms with Crippen molar-refractivity contribution >= 4 is 32.7 Å². The number of para-hydroxylation sites is 1. The van der Waals surface area contributed by atoms with Crippen LogP contribution in [0.25, 0.3) is 100 Å². The van der Waals surface area contributed by atoms with Crippen molar-refractivity contribution < 1.29 is 4.42 Å². The molecule has 0 radical (unpaired) electrons. The molecule has 1 aliphatic rings. The first-order chi connectivity index (χ1) is 23.3. The molecule has 2 aromatic heterocycles. The van der Waals surface area contributed by atoms with Crippen LogP contribution in [0.2, 0.25) is 0 Å². The fourth-order valence-corrected chi connectivity index (χ4v) is 7.16. The second-order valence-corrected chi connectivity index (χ2v) is 12.0. The van der Waals surface area contributed by atoms with Gasteiger partial charge in [-0.2, -0.15) is 0 Å². The summed E-state index contributed by atoms with van der Waals surface area (Å²) >= 11 is 0. The summed E-state index contributed by atoms with van der Waals surface area (Å²) in [4.78, 5) is 15.0. The van der Waals surface area contributed by atoms with Crippen molar-refractivity contribution in [3.05, 3.63) is 152 Å². The molecule has 0 unspecified atom stereocenters. The highest BCUT2D eigenvalue weighted by atomic mass is 16.3. The van der Waals surface area contributed by atoms with Crippen molar-refractivity contribution in [3.63, 3.8) is 0 Å². The Hall–Kier alpha value is -6.39. The van der Waals surface area contributed by atoms with E-state index < -0.39 is 0 Å². The molecule has 9 aromatic rings. The van der Waals surface area contributed by atoms with E-state index >= 15 is 0 Å². The summed E-state index contributed by atoms with van der Waals surface area (Å²) in [5.74, 6) is 1.88. The molecule has 0 spiro atoms. The summed E-state index contributed by atoms with van der Waals surface area (Å²) in [5.41, 5.74) is 11.8. The van der Waals surface area contributed by atoms with Crippen LogP contribution in [0.15, 0.2) is 156 Å². The van der Waals surface area contributed by atoms with E-state index in [0.29, 0.717) is 17.5 Å². The normalized spacial score (nSPS) is 11.8. The van der Waals surface area contributed by atoms with Gasteiger partial charge in [0, 0.05) is 33.0 Å². The maximum atomic E-state index is 6.73. The van der Waals surface area contributed by atoms with Gasteiger partial charge in [0.25, 0.3) is 0 Å². The lowest BCUT2D eigenvalue weighted by Crippen LogP contribution is -2.00. The van der Waals surface area contributed by atoms with Gasteiger partial charge in [-0.3, -0.25) is 0 Å². The van der Waals surface area contributed by atoms with Crippen molar-refractivity contribution in [1.29, 1.82) is 0 Å². The zero-order valence-electron chi connectivity index (χ0n) is 25.2. The van der Waals surface area contributed by atoms with Crippen molar-refractivity contribution in [2.75, 3.05) is 0 Å². The first-order valence-electron chi connectivity index (χ1n) is 15.8. The van der Waals surface area contributed by atoms with Crippen LogP contribution in [0.5, 0.6) is 0 Å². The van der Waals surface area contributed by atoms with Gasteiger partial charge < -0.3 is 4.42 Å². The van der Waals surface area contributed by atoms with Crippen LogP contribution in [0.3, 0.4) is 0 Å². The van der Waals surface area contributed by atoms with Crippen molar-refractivity contribution in [2.24, 2.45) is 0 Å². The third-order valence-corrected chi connectivity index (χ3v) is 9.26.